The number of carboxylic acid groups (broad SMARTS) is 1. The molecule has 0 radical (unpaired) electrons. The number of furan rings is 1. The lowest BCUT2D eigenvalue weighted by Crippen LogP contribution is -2.44. The Kier molecular flexibility index (Phi) is 4.74. The van der Waals surface area contributed by atoms with Gasteiger partial charge in [-0.25, -0.2) is 4.79 Å². The van der Waals surface area contributed by atoms with Crippen LogP contribution in [0.15, 0.2) is 21.2 Å². The van der Waals surface area contributed by atoms with Crippen LogP contribution in [0, 0.1) is 5.92 Å². The Balaban J connectivity index is 2.74. The second-order valence-electron chi connectivity index (χ2n) is 3.78. The van der Waals surface area contributed by atoms with Gasteiger partial charge in [-0.15, -0.1) is 0 Å². The van der Waals surface area contributed by atoms with E-state index in [9.17, 15) is 9.59 Å². The molecule has 0 aromatic carbocycles. The summed E-state index contributed by atoms with van der Waals surface area (Å²) in [5, 5.41) is 11.5. The van der Waals surface area contributed by atoms with Gasteiger partial charge in [-0.05, 0) is 34.0 Å². The summed E-state index contributed by atoms with van der Waals surface area (Å²) in [4.78, 5) is 22.7. The van der Waals surface area contributed by atoms with E-state index >= 15 is 0 Å². The van der Waals surface area contributed by atoms with E-state index in [-0.39, 0.29) is 11.7 Å². The van der Waals surface area contributed by atoms with Gasteiger partial charge in [-0.1, -0.05) is 20.3 Å². The number of carboxylic acids is 1. The maximum atomic E-state index is 11.7. The molecule has 0 aliphatic carbocycles. The lowest BCUT2D eigenvalue weighted by atomic mass is 9.99. The lowest BCUT2D eigenvalue weighted by Gasteiger charge is -2.19. The van der Waals surface area contributed by atoms with E-state index < -0.39 is 17.9 Å². The Labute approximate surface area is 107 Å². The van der Waals surface area contributed by atoms with Crippen molar-refractivity contribution in [2.75, 3.05) is 0 Å². The molecule has 0 saturated carbocycles. The van der Waals surface area contributed by atoms with Crippen LogP contribution >= 0.6 is 15.9 Å². The summed E-state index contributed by atoms with van der Waals surface area (Å²) >= 11 is 3.08. The van der Waals surface area contributed by atoms with Crippen LogP contribution in [0.25, 0.3) is 0 Å². The van der Waals surface area contributed by atoms with Gasteiger partial charge in [-0.2, -0.15) is 0 Å². The van der Waals surface area contributed by atoms with Gasteiger partial charge in [0.05, 0.1) is 0 Å². The van der Waals surface area contributed by atoms with E-state index in [4.69, 9.17) is 9.52 Å². The highest BCUT2D eigenvalue weighted by Gasteiger charge is 2.26. The smallest absolute Gasteiger partial charge is 0.326 e. The van der Waals surface area contributed by atoms with Crippen molar-refractivity contribution in [3.63, 3.8) is 0 Å². The molecular weight excluding hydrogens is 290 g/mol. The van der Waals surface area contributed by atoms with Crippen molar-refractivity contribution in [2.45, 2.75) is 26.3 Å². The number of aliphatic carboxylic acids is 1. The molecule has 1 aromatic heterocycles. The summed E-state index contributed by atoms with van der Waals surface area (Å²) in [6, 6.07) is 2.15. The summed E-state index contributed by atoms with van der Waals surface area (Å²) in [6.45, 7) is 3.65. The van der Waals surface area contributed by atoms with Crippen molar-refractivity contribution in [3.05, 3.63) is 22.6 Å². The van der Waals surface area contributed by atoms with E-state index in [2.05, 4.69) is 21.2 Å². The lowest BCUT2D eigenvalue weighted by molar-refractivity contribution is -0.140. The third-order valence-electron chi connectivity index (χ3n) is 2.56. The number of nitrogens with one attached hydrogen (secondary N) is 1. The second kappa shape index (κ2) is 5.86. The first kappa shape index (κ1) is 13.8. The molecule has 5 nitrogen and oxygen atoms in total. The maximum Gasteiger partial charge on any atom is 0.326 e. The van der Waals surface area contributed by atoms with E-state index in [1.807, 2.05) is 6.92 Å². The Hall–Kier alpha value is -1.30. The zero-order valence-electron chi connectivity index (χ0n) is 9.57. The Morgan fingerprint density at radius 1 is 1.53 bits per heavy atom. The van der Waals surface area contributed by atoms with E-state index in [0.717, 1.165) is 0 Å². The Morgan fingerprint density at radius 3 is 2.59 bits per heavy atom. The van der Waals surface area contributed by atoms with Crippen LogP contribution in [0.5, 0.6) is 0 Å². The van der Waals surface area contributed by atoms with Crippen LogP contribution in [-0.4, -0.2) is 23.0 Å². The van der Waals surface area contributed by atoms with E-state index in [1.165, 1.54) is 6.07 Å². The van der Waals surface area contributed by atoms with E-state index in [0.29, 0.717) is 11.1 Å². The third-order valence-corrected chi connectivity index (χ3v) is 2.99. The van der Waals surface area contributed by atoms with Gasteiger partial charge >= 0.3 is 5.97 Å². The summed E-state index contributed by atoms with van der Waals surface area (Å²) in [5.41, 5.74) is 0. The van der Waals surface area contributed by atoms with Crippen LogP contribution in [0.4, 0.5) is 0 Å². The highest BCUT2D eigenvalue weighted by atomic mass is 79.9. The van der Waals surface area contributed by atoms with Crippen LogP contribution in [-0.2, 0) is 4.79 Å². The zero-order valence-corrected chi connectivity index (χ0v) is 11.2. The van der Waals surface area contributed by atoms with Crippen molar-refractivity contribution >= 4 is 27.8 Å². The molecular formula is C11H14BrNO4. The predicted octanol–water partition coefficient (Wildman–Crippen LogP) is 2.27. The highest BCUT2D eigenvalue weighted by molar-refractivity contribution is 9.10. The molecule has 0 unspecified atom stereocenters. The molecule has 0 bridgehead atoms. The van der Waals surface area contributed by atoms with Crippen molar-refractivity contribution in [1.29, 1.82) is 0 Å². The molecule has 1 heterocycles. The number of halogens is 1. The Bertz CT molecular complexity index is 415. The average molecular weight is 304 g/mol. The summed E-state index contributed by atoms with van der Waals surface area (Å²) in [7, 11) is 0. The molecule has 0 spiro atoms. The minimum Gasteiger partial charge on any atom is -0.480 e. The number of hydrogen-bond acceptors (Lipinski definition) is 3. The largest absolute Gasteiger partial charge is 0.480 e. The fourth-order valence-electron chi connectivity index (χ4n) is 1.33. The average Bonchev–Trinajstić information content (AvgIpc) is 2.71. The fraction of sp³-hybridized carbons (Fsp3) is 0.455. The topological polar surface area (TPSA) is 79.5 Å². The Morgan fingerprint density at radius 2 is 2.18 bits per heavy atom. The van der Waals surface area contributed by atoms with Gasteiger partial charge in [0.1, 0.15) is 6.04 Å². The molecule has 1 amide bonds. The van der Waals surface area contributed by atoms with Gasteiger partial charge in [-0.3, -0.25) is 4.79 Å². The molecule has 0 fully saturated rings. The normalized spacial score (nSPS) is 14.1. The minimum atomic E-state index is -1.04. The van der Waals surface area contributed by atoms with Gasteiger partial charge in [0.25, 0.3) is 5.91 Å². The molecule has 2 atom stereocenters. The van der Waals surface area contributed by atoms with Crippen molar-refractivity contribution in [3.8, 4) is 0 Å². The monoisotopic (exact) mass is 303 g/mol. The molecule has 2 N–H and O–H groups in total. The highest BCUT2D eigenvalue weighted by Crippen LogP contribution is 2.15. The number of carbonyl (C=O) groups excluding carboxylic acids is 1. The molecule has 1 rings (SSSR count). The summed E-state index contributed by atoms with van der Waals surface area (Å²) < 4.78 is 5.48. The minimum absolute atomic E-state index is 0.0893. The number of hydrogen-bond donors (Lipinski definition) is 2. The van der Waals surface area contributed by atoms with Crippen molar-refractivity contribution in [1.82, 2.24) is 5.32 Å². The second-order valence-corrected chi connectivity index (χ2v) is 4.56. The van der Waals surface area contributed by atoms with Gasteiger partial charge in [0.15, 0.2) is 10.4 Å². The molecule has 0 aliphatic heterocycles. The first-order valence-corrected chi connectivity index (χ1v) is 6.04. The van der Waals surface area contributed by atoms with Crippen LogP contribution in [0.3, 0.4) is 0 Å². The summed E-state index contributed by atoms with van der Waals surface area (Å²) in [5.74, 6) is -1.62. The van der Waals surface area contributed by atoms with Gasteiger partial charge < -0.3 is 14.8 Å². The predicted molar refractivity (Wildman–Crippen MR) is 64.8 cm³/mol. The summed E-state index contributed by atoms with van der Waals surface area (Å²) in [6.07, 6.45) is 0.666. The molecule has 0 saturated heterocycles. The quantitative estimate of drug-likeness (QED) is 0.874. The fourth-order valence-corrected chi connectivity index (χ4v) is 1.64. The van der Waals surface area contributed by atoms with Gasteiger partial charge in [0, 0.05) is 0 Å². The molecule has 17 heavy (non-hydrogen) atoms. The van der Waals surface area contributed by atoms with Gasteiger partial charge in [0.2, 0.25) is 0 Å². The molecule has 0 aliphatic rings. The van der Waals surface area contributed by atoms with Crippen LogP contribution < -0.4 is 5.32 Å². The van der Waals surface area contributed by atoms with Crippen LogP contribution in [0.2, 0.25) is 0 Å². The first-order valence-electron chi connectivity index (χ1n) is 5.24. The zero-order chi connectivity index (χ0) is 13.0. The first-order chi connectivity index (χ1) is 7.95. The third kappa shape index (κ3) is 3.59. The number of rotatable bonds is 5. The van der Waals surface area contributed by atoms with Crippen molar-refractivity contribution in [2.24, 2.45) is 5.92 Å². The number of amides is 1. The standard InChI is InChI=1S/C11H14BrNO4/c1-3-6(2)9(11(15)16)13-10(14)7-4-5-8(12)17-7/h4-6,9H,3H2,1-2H3,(H,13,14)(H,15,16)/t6-,9-/m0/s1. The SMILES string of the molecule is CC[C@H](C)[C@H](NC(=O)c1ccc(Br)o1)C(=O)O. The molecule has 6 heteroatoms. The van der Waals surface area contributed by atoms with E-state index in [1.54, 1.807) is 13.0 Å². The molecule has 1 aromatic rings. The number of carbonyl (C=O) groups is 2. The van der Waals surface area contributed by atoms with Crippen LogP contribution in [0.1, 0.15) is 30.8 Å². The molecule has 94 valence electrons. The maximum absolute atomic E-state index is 11.7. The van der Waals surface area contributed by atoms with Crippen molar-refractivity contribution < 1.29 is 19.1 Å².